The highest BCUT2D eigenvalue weighted by atomic mass is 15.1. The van der Waals surface area contributed by atoms with Crippen LogP contribution in [0.25, 0.3) is 11.4 Å². The average molecular weight is 374 g/mol. The van der Waals surface area contributed by atoms with Gasteiger partial charge in [-0.1, -0.05) is 26.8 Å². The number of aromatic nitrogens is 4. The molecule has 0 amide bonds. The number of fused-ring (bicyclic) bond motifs is 1. The second-order valence-electron chi connectivity index (χ2n) is 8.41. The quantitative estimate of drug-likeness (QED) is 0.699. The maximum absolute atomic E-state index is 4.89. The maximum Gasteiger partial charge on any atom is 0.163 e. The zero-order valence-electron chi connectivity index (χ0n) is 16.6. The molecular formula is C22H26N6. The van der Waals surface area contributed by atoms with Gasteiger partial charge in [0.2, 0.25) is 0 Å². The Hall–Kier alpha value is -2.86. The lowest BCUT2D eigenvalue weighted by atomic mass is 9.86. The Kier molecular flexibility index (Phi) is 5.05. The molecule has 6 nitrogen and oxygen atoms in total. The first-order chi connectivity index (χ1) is 13.5. The fraction of sp³-hybridized carbons (Fsp3) is 0.364. The van der Waals surface area contributed by atoms with Gasteiger partial charge in [0, 0.05) is 49.0 Å². The SMILES string of the molecule is CC(C)(C)CC(Nc1nc(-c2cccnc2)nc2c1CNC2)c1cccnc1. The Balaban J connectivity index is 1.73. The summed E-state index contributed by atoms with van der Waals surface area (Å²) in [4.78, 5) is 18.2. The van der Waals surface area contributed by atoms with Crippen LogP contribution in [0.3, 0.4) is 0 Å². The molecule has 0 fully saturated rings. The third kappa shape index (κ3) is 4.17. The molecule has 1 unspecified atom stereocenters. The molecule has 3 aromatic rings. The van der Waals surface area contributed by atoms with E-state index in [2.05, 4.69) is 47.4 Å². The topological polar surface area (TPSA) is 75.6 Å². The van der Waals surface area contributed by atoms with Gasteiger partial charge in [0.15, 0.2) is 5.82 Å². The number of pyridine rings is 2. The predicted octanol–water partition coefficient (Wildman–Crippen LogP) is 4.13. The smallest absolute Gasteiger partial charge is 0.163 e. The second kappa shape index (κ2) is 7.64. The Morgan fingerprint density at radius 3 is 2.50 bits per heavy atom. The minimum atomic E-state index is 0.120. The van der Waals surface area contributed by atoms with Gasteiger partial charge in [-0.15, -0.1) is 0 Å². The van der Waals surface area contributed by atoms with Gasteiger partial charge in [-0.25, -0.2) is 9.97 Å². The molecular weight excluding hydrogens is 348 g/mol. The molecule has 0 spiro atoms. The molecule has 0 saturated carbocycles. The van der Waals surface area contributed by atoms with Gasteiger partial charge in [-0.2, -0.15) is 0 Å². The van der Waals surface area contributed by atoms with Crippen LogP contribution in [0, 0.1) is 5.41 Å². The van der Waals surface area contributed by atoms with E-state index >= 15 is 0 Å². The molecule has 0 saturated heterocycles. The van der Waals surface area contributed by atoms with E-state index in [1.54, 1.807) is 6.20 Å². The summed E-state index contributed by atoms with van der Waals surface area (Å²) in [6.45, 7) is 8.30. The van der Waals surface area contributed by atoms with E-state index in [4.69, 9.17) is 9.97 Å². The van der Waals surface area contributed by atoms with Crippen LogP contribution in [-0.2, 0) is 13.1 Å². The molecule has 4 heterocycles. The summed E-state index contributed by atoms with van der Waals surface area (Å²) in [6, 6.07) is 8.14. The van der Waals surface area contributed by atoms with Gasteiger partial charge in [0.05, 0.1) is 11.7 Å². The number of hydrogen-bond acceptors (Lipinski definition) is 6. The zero-order chi connectivity index (χ0) is 19.6. The van der Waals surface area contributed by atoms with Crippen molar-refractivity contribution in [3.05, 3.63) is 65.9 Å². The molecule has 28 heavy (non-hydrogen) atoms. The molecule has 6 heteroatoms. The molecule has 1 atom stereocenters. The van der Waals surface area contributed by atoms with Crippen molar-refractivity contribution in [3.63, 3.8) is 0 Å². The standard InChI is InChI=1S/C22H26N6/c1-22(2,3)10-18(15-6-4-8-23-11-15)26-21-17-13-25-14-19(17)27-20(28-21)16-7-5-9-24-12-16/h4-9,11-12,18,25H,10,13-14H2,1-3H3,(H,26,27,28). The fourth-order valence-corrected chi connectivity index (χ4v) is 3.52. The highest BCUT2D eigenvalue weighted by molar-refractivity contribution is 5.60. The lowest BCUT2D eigenvalue weighted by Crippen LogP contribution is -2.20. The lowest BCUT2D eigenvalue weighted by molar-refractivity contribution is 0.352. The van der Waals surface area contributed by atoms with Gasteiger partial charge in [0.25, 0.3) is 0 Å². The summed E-state index contributed by atoms with van der Waals surface area (Å²) in [5, 5.41) is 7.11. The van der Waals surface area contributed by atoms with E-state index in [0.29, 0.717) is 5.82 Å². The van der Waals surface area contributed by atoms with E-state index in [-0.39, 0.29) is 11.5 Å². The molecule has 0 aliphatic carbocycles. The summed E-state index contributed by atoms with van der Waals surface area (Å²) in [5.41, 5.74) is 4.45. The van der Waals surface area contributed by atoms with Gasteiger partial charge in [-0.3, -0.25) is 9.97 Å². The number of hydrogen-bond donors (Lipinski definition) is 2. The van der Waals surface area contributed by atoms with Crippen molar-refractivity contribution in [2.24, 2.45) is 5.41 Å². The molecule has 144 valence electrons. The predicted molar refractivity (Wildman–Crippen MR) is 110 cm³/mol. The van der Waals surface area contributed by atoms with E-state index in [1.807, 2.05) is 36.8 Å². The van der Waals surface area contributed by atoms with Crippen molar-refractivity contribution in [2.45, 2.75) is 46.3 Å². The first-order valence-corrected chi connectivity index (χ1v) is 9.67. The molecule has 0 aromatic carbocycles. The summed E-state index contributed by atoms with van der Waals surface area (Å²) in [6.07, 6.45) is 8.28. The Morgan fingerprint density at radius 2 is 1.82 bits per heavy atom. The largest absolute Gasteiger partial charge is 0.363 e. The van der Waals surface area contributed by atoms with Crippen LogP contribution < -0.4 is 10.6 Å². The van der Waals surface area contributed by atoms with Crippen molar-refractivity contribution >= 4 is 5.82 Å². The summed E-state index contributed by atoms with van der Waals surface area (Å²) < 4.78 is 0. The summed E-state index contributed by atoms with van der Waals surface area (Å²) in [7, 11) is 0. The van der Waals surface area contributed by atoms with Crippen LogP contribution in [0.4, 0.5) is 5.82 Å². The van der Waals surface area contributed by atoms with Crippen molar-refractivity contribution in [1.29, 1.82) is 0 Å². The second-order valence-corrected chi connectivity index (χ2v) is 8.41. The molecule has 0 bridgehead atoms. The highest BCUT2D eigenvalue weighted by Crippen LogP contribution is 2.34. The van der Waals surface area contributed by atoms with Gasteiger partial charge in [-0.05, 0) is 35.6 Å². The minimum absolute atomic E-state index is 0.120. The van der Waals surface area contributed by atoms with Gasteiger partial charge in [0.1, 0.15) is 5.82 Å². The molecule has 3 aromatic heterocycles. The number of rotatable bonds is 5. The molecule has 2 N–H and O–H groups in total. The third-order valence-corrected chi connectivity index (χ3v) is 4.82. The Bertz CT molecular complexity index is 934. The van der Waals surface area contributed by atoms with Crippen molar-refractivity contribution in [2.75, 3.05) is 5.32 Å². The highest BCUT2D eigenvalue weighted by Gasteiger charge is 2.25. The first kappa shape index (κ1) is 18.5. The van der Waals surface area contributed by atoms with E-state index in [0.717, 1.165) is 42.1 Å². The Labute approximate surface area is 165 Å². The van der Waals surface area contributed by atoms with Gasteiger partial charge >= 0.3 is 0 Å². The first-order valence-electron chi connectivity index (χ1n) is 9.67. The average Bonchev–Trinajstić information content (AvgIpc) is 3.17. The normalized spacial score (nSPS) is 14.5. The van der Waals surface area contributed by atoms with Crippen LogP contribution in [0.2, 0.25) is 0 Å². The number of nitrogens with one attached hydrogen (secondary N) is 2. The van der Waals surface area contributed by atoms with E-state index in [1.165, 1.54) is 5.56 Å². The van der Waals surface area contributed by atoms with Crippen LogP contribution in [0.5, 0.6) is 0 Å². The molecule has 0 radical (unpaired) electrons. The van der Waals surface area contributed by atoms with E-state index < -0.39 is 0 Å². The van der Waals surface area contributed by atoms with Crippen LogP contribution in [-0.4, -0.2) is 19.9 Å². The number of anilines is 1. The summed E-state index contributed by atoms with van der Waals surface area (Å²) in [5.74, 6) is 1.60. The van der Waals surface area contributed by atoms with Crippen molar-refractivity contribution in [1.82, 2.24) is 25.3 Å². The molecule has 1 aliphatic rings. The number of nitrogens with zero attached hydrogens (tertiary/aromatic N) is 4. The van der Waals surface area contributed by atoms with E-state index in [9.17, 15) is 0 Å². The maximum atomic E-state index is 4.89. The summed E-state index contributed by atoms with van der Waals surface area (Å²) >= 11 is 0. The van der Waals surface area contributed by atoms with Crippen LogP contribution in [0.1, 0.15) is 50.1 Å². The lowest BCUT2D eigenvalue weighted by Gasteiger charge is -2.28. The van der Waals surface area contributed by atoms with Crippen LogP contribution >= 0.6 is 0 Å². The Morgan fingerprint density at radius 1 is 1.04 bits per heavy atom. The van der Waals surface area contributed by atoms with Gasteiger partial charge < -0.3 is 10.6 Å². The zero-order valence-corrected chi connectivity index (χ0v) is 16.6. The fourth-order valence-electron chi connectivity index (χ4n) is 3.52. The minimum Gasteiger partial charge on any atom is -0.363 e. The monoisotopic (exact) mass is 374 g/mol. The van der Waals surface area contributed by atoms with Crippen molar-refractivity contribution in [3.8, 4) is 11.4 Å². The third-order valence-electron chi connectivity index (χ3n) is 4.82. The van der Waals surface area contributed by atoms with Crippen LogP contribution in [0.15, 0.2) is 49.1 Å². The molecule has 1 aliphatic heterocycles. The van der Waals surface area contributed by atoms with Crippen molar-refractivity contribution < 1.29 is 0 Å². The molecule has 4 rings (SSSR count).